The van der Waals surface area contributed by atoms with Gasteiger partial charge in [-0.2, -0.15) is 0 Å². The smallest absolute Gasteiger partial charge is 0.408 e. The molecule has 1 saturated heterocycles. The lowest BCUT2D eigenvalue weighted by atomic mass is 9.92. The summed E-state index contributed by atoms with van der Waals surface area (Å²) >= 11 is 0. The molecule has 5 heteroatoms. The Kier molecular flexibility index (Phi) is 4.01. The van der Waals surface area contributed by atoms with Gasteiger partial charge in [0.05, 0.1) is 0 Å². The van der Waals surface area contributed by atoms with Crippen molar-refractivity contribution in [2.24, 2.45) is 5.92 Å². The average molecular weight is 243 g/mol. The summed E-state index contributed by atoms with van der Waals surface area (Å²) in [5.74, 6) is -0.0884. The van der Waals surface area contributed by atoms with E-state index in [2.05, 4.69) is 0 Å². The number of likely N-dealkylation sites (tertiary alicyclic amines) is 1. The molecule has 0 unspecified atom stereocenters. The molecule has 1 aliphatic rings. The Hall–Kier alpha value is -1.26. The third-order valence-electron chi connectivity index (χ3n) is 2.79. The standard InChI is InChI=1S/C12H21NO4/c1-8-5-6-13(11(15)16)9(7-8)10(14)17-12(2,3)4/h8-9H,5-7H2,1-4H3,(H,15,16)/t8-,9-/m1/s1. The Morgan fingerprint density at radius 3 is 2.41 bits per heavy atom. The van der Waals surface area contributed by atoms with Gasteiger partial charge in [-0.3, -0.25) is 4.90 Å². The minimum atomic E-state index is -1.05. The van der Waals surface area contributed by atoms with Crippen LogP contribution in [0.3, 0.4) is 0 Å². The van der Waals surface area contributed by atoms with Gasteiger partial charge in [0, 0.05) is 6.54 Å². The maximum Gasteiger partial charge on any atom is 0.408 e. The van der Waals surface area contributed by atoms with Crippen LogP contribution in [0.2, 0.25) is 0 Å². The first-order valence-corrected chi connectivity index (χ1v) is 5.93. The third-order valence-corrected chi connectivity index (χ3v) is 2.79. The second-order valence-corrected chi connectivity index (χ2v) is 5.65. The van der Waals surface area contributed by atoms with E-state index in [0.717, 1.165) is 6.42 Å². The van der Waals surface area contributed by atoms with E-state index in [0.29, 0.717) is 18.9 Å². The lowest BCUT2D eigenvalue weighted by Gasteiger charge is -2.36. The van der Waals surface area contributed by atoms with Crippen molar-refractivity contribution in [1.29, 1.82) is 0 Å². The van der Waals surface area contributed by atoms with Gasteiger partial charge in [0.15, 0.2) is 0 Å². The average Bonchev–Trinajstić information content (AvgIpc) is 2.14. The summed E-state index contributed by atoms with van der Waals surface area (Å²) in [6.07, 6.45) is 0.292. The highest BCUT2D eigenvalue weighted by Gasteiger charge is 2.37. The van der Waals surface area contributed by atoms with Crippen molar-refractivity contribution < 1.29 is 19.4 Å². The van der Waals surface area contributed by atoms with Gasteiger partial charge in [0.2, 0.25) is 0 Å². The summed E-state index contributed by atoms with van der Waals surface area (Å²) in [7, 11) is 0. The van der Waals surface area contributed by atoms with E-state index in [1.165, 1.54) is 4.90 Å². The quantitative estimate of drug-likeness (QED) is 0.716. The topological polar surface area (TPSA) is 66.8 Å². The van der Waals surface area contributed by atoms with Gasteiger partial charge < -0.3 is 9.84 Å². The Labute approximate surface area is 102 Å². The van der Waals surface area contributed by atoms with E-state index in [4.69, 9.17) is 9.84 Å². The maximum atomic E-state index is 11.9. The molecular formula is C12H21NO4. The number of carbonyl (C=O) groups is 2. The van der Waals surface area contributed by atoms with Crippen LogP contribution in [0.4, 0.5) is 4.79 Å². The largest absolute Gasteiger partial charge is 0.465 e. The lowest BCUT2D eigenvalue weighted by Crippen LogP contribution is -2.51. The summed E-state index contributed by atoms with van der Waals surface area (Å²) in [5.41, 5.74) is -0.581. The van der Waals surface area contributed by atoms with Crippen LogP contribution in [0, 0.1) is 5.92 Å². The van der Waals surface area contributed by atoms with Gasteiger partial charge in [-0.25, -0.2) is 9.59 Å². The molecule has 1 heterocycles. The summed E-state index contributed by atoms with van der Waals surface area (Å²) in [6, 6.07) is -0.657. The highest BCUT2D eigenvalue weighted by Crippen LogP contribution is 2.24. The summed E-state index contributed by atoms with van der Waals surface area (Å²) in [5, 5.41) is 9.06. The maximum absolute atomic E-state index is 11.9. The van der Waals surface area contributed by atoms with Crippen molar-refractivity contribution in [3.63, 3.8) is 0 Å². The van der Waals surface area contributed by atoms with Crippen LogP contribution in [0.1, 0.15) is 40.5 Å². The van der Waals surface area contributed by atoms with Crippen LogP contribution in [0.5, 0.6) is 0 Å². The fourth-order valence-electron chi connectivity index (χ4n) is 1.96. The number of rotatable bonds is 1. The zero-order valence-electron chi connectivity index (χ0n) is 10.9. The number of carboxylic acid groups (broad SMARTS) is 1. The van der Waals surface area contributed by atoms with Crippen molar-refractivity contribution in [3.8, 4) is 0 Å². The van der Waals surface area contributed by atoms with E-state index in [-0.39, 0.29) is 0 Å². The van der Waals surface area contributed by atoms with Crippen LogP contribution in [0.15, 0.2) is 0 Å². The number of amides is 1. The van der Waals surface area contributed by atoms with Crippen LogP contribution in [-0.4, -0.2) is 40.3 Å². The monoisotopic (exact) mass is 243 g/mol. The Morgan fingerprint density at radius 2 is 1.94 bits per heavy atom. The lowest BCUT2D eigenvalue weighted by molar-refractivity contribution is -0.162. The molecule has 1 N–H and O–H groups in total. The van der Waals surface area contributed by atoms with Crippen molar-refractivity contribution >= 4 is 12.1 Å². The molecule has 0 aromatic carbocycles. The van der Waals surface area contributed by atoms with Crippen LogP contribution >= 0.6 is 0 Å². The molecule has 0 saturated carbocycles. The van der Waals surface area contributed by atoms with Crippen molar-refractivity contribution in [2.75, 3.05) is 6.54 Å². The number of piperidine rings is 1. The minimum absolute atomic E-state index is 0.350. The highest BCUT2D eigenvalue weighted by molar-refractivity contribution is 5.81. The molecule has 17 heavy (non-hydrogen) atoms. The second-order valence-electron chi connectivity index (χ2n) is 5.65. The molecule has 0 radical (unpaired) electrons. The molecule has 1 fully saturated rings. The van der Waals surface area contributed by atoms with E-state index < -0.39 is 23.7 Å². The van der Waals surface area contributed by atoms with Gasteiger partial charge in [-0.15, -0.1) is 0 Å². The Morgan fingerprint density at radius 1 is 1.35 bits per heavy atom. The molecule has 98 valence electrons. The SMILES string of the molecule is C[C@@H]1CCN(C(=O)O)[C@@H](C(=O)OC(C)(C)C)C1. The molecule has 1 aliphatic heterocycles. The number of carbonyl (C=O) groups excluding carboxylic acids is 1. The summed E-state index contributed by atoms with van der Waals surface area (Å²) in [4.78, 5) is 24.2. The van der Waals surface area contributed by atoms with Crippen LogP contribution in [-0.2, 0) is 9.53 Å². The number of hydrogen-bond acceptors (Lipinski definition) is 3. The van der Waals surface area contributed by atoms with E-state index in [1.54, 1.807) is 20.8 Å². The van der Waals surface area contributed by atoms with E-state index in [9.17, 15) is 9.59 Å². The molecule has 1 rings (SSSR count). The Bertz CT molecular complexity index is 308. The van der Waals surface area contributed by atoms with Crippen LogP contribution < -0.4 is 0 Å². The molecule has 0 aromatic rings. The number of nitrogens with zero attached hydrogens (tertiary/aromatic N) is 1. The minimum Gasteiger partial charge on any atom is -0.465 e. The molecule has 1 amide bonds. The van der Waals surface area contributed by atoms with Gasteiger partial charge >= 0.3 is 12.1 Å². The zero-order chi connectivity index (χ0) is 13.2. The molecule has 0 bridgehead atoms. The fraction of sp³-hybridized carbons (Fsp3) is 0.833. The van der Waals surface area contributed by atoms with E-state index in [1.807, 2.05) is 6.92 Å². The predicted molar refractivity (Wildman–Crippen MR) is 62.8 cm³/mol. The molecule has 0 aliphatic carbocycles. The molecule has 0 spiro atoms. The normalized spacial score (nSPS) is 25.5. The highest BCUT2D eigenvalue weighted by atomic mass is 16.6. The van der Waals surface area contributed by atoms with Crippen molar-refractivity contribution in [3.05, 3.63) is 0 Å². The Balaban J connectivity index is 2.75. The fourth-order valence-corrected chi connectivity index (χ4v) is 1.96. The first-order chi connectivity index (χ1) is 7.70. The summed E-state index contributed by atoms with van der Waals surface area (Å²) in [6.45, 7) is 7.77. The molecular weight excluding hydrogens is 222 g/mol. The van der Waals surface area contributed by atoms with Gasteiger partial charge in [0.25, 0.3) is 0 Å². The van der Waals surface area contributed by atoms with Gasteiger partial charge in [-0.1, -0.05) is 6.92 Å². The van der Waals surface area contributed by atoms with Gasteiger partial charge in [-0.05, 0) is 39.5 Å². The van der Waals surface area contributed by atoms with Crippen LogP contribution in [0.25, 0.3) is 0 Å². The third kappa shape index (κ3) is 3.91. The number of esters is 1. The number of ether oxygens (including phenoxy) is 1. The summed E-state index contributed by atoms with van der Waals surface area (Å²) < 4.78 is 5.26. The molecule has 5 nitrogen and oxygen atoms in total. The second kappa shape index (κ2) is 4.94. The van der Waals surface area contributed by atoms with Gasteiger partial charge in [0.1, 0.15) is 11.6 Å². The molecule has 2 atom stereocenters. The van der Waals surface area contributed by atoms with Crippen molar-refractivity contribution in [1.82, 2.24) is 4.90 Å². The zero-order valence-corrected chi connectivity index (χ0v) is 10.9. The van der Waals surface area contributed by atoms with Crippen molar-refractivity contribution in [2.45, 2.75) is 52.2 Å². The molecule has 0 aromatic heterocycles. The number of hydrogen-bond donors (Lipinski definition) is 1. The first-order valence-electron chi connectivity index (χ1n) is 5.93. The first kappa shape index (κ1) is 13.8. The predicted octanol–water partition coefficient (Wildman–Crippen LogP) is 2.11. The van der Waals surface area contributed by atoms with E-state index >= 15 is 0 Å².